The van der Waals surface area contributed by atoms with Gasteiger partial charge in [-0.15, -0.1) is 0 Å². The molecule has 1 aliphatic heterocycles. The molecule has 14 heteroatoms. The number of benzene rings is 1. The van der Waals surface area contributed by atoms with Crippen LogP contribution < -0.4 is 10.6 Å². The number of likely N-dealkylation sites (N-methyl/N-ethyl adjacent to an activating group) is 1. The number of nitrogens with one attached hydrogen (secondary N) is 2. The van der Waals surface area contributed by atoms with Crippen LogP contribution in [-0.4, -0.2) is 152 Å². The third-order valence-electron chi connectivity index (χ3n) is 8.42. The Balaban J connectivity index is 2.69. The summed E-state index contributed by atoms with van der Waals surface area (Å²) in [4.78, 5) is 69.3. The van der Waals surface area contributed by atoms with Crippen LogP contribution in [0.4, 0.5) is 0 Å². The van der Waals surface area contributed by atoms with Crippen molar-refractivity contribution in [3.63, 3.8) is 0 Å². The Morgan fingerprint density at radius 1 is 0.849 bits per heavy atom. The standard InChI is InChI=1S/C39H66N5O9/c1-37(2,3)51-33(46)26-42-21-18-41-19-22-44(10,28-35(48)53-39(7,8)9)31(16-17-40-20-23-45)24-43(27-34(47)52-38(4,5)6)32(25-42)36(49)50-29-30-14-12-11-13-15-30/h11-15,23,31-32,40-41H,16-22,24-29H2,1-10H3/q+1. The van der Waals surface area contributed by atoms with Crippen LogP contribution >= 0.6 is 0 Å². The highest BCUT2D eigenvalue weighted by Crippen LogP contribution is 2.21. The highest BCUT2D eigenvalue weighted by Gasteiger charge is 2.42. The van der Waals surface area contributed by atoms with Gasteiger partial charge in [0.15, 0.2) is 6.54 Å². The van der Waals surface area contributed by atoms with E-state index < -0.39 is 40.8 Å². The topological polar surface area (TPSA) is 153 Å². The van der Waals surface area contributed by atoms with Crippen molar-refractivity contribution in [2.45, 2.75) is 104 Å². The molecule has 1 heterocycles. The van der Waals surface area contributed by atoms with Gasteiger partial charge in [-0.2, -0.15) is 0 Å². The minimum absolute atomic E-state index is 0.00946. The van der Waals surface area contributed by atoms with Crippen LogP contribution in [0.15, 0.2) is 30.3 Å². The number of ether oxygens (including phenoxy) is 4. The molecule has 300 valence electrons. The van der Waals surface area contributed by atoms with E-state index in [4.69, 9.17) is 18.9 Å². The van der Waals surface area contributed by atoms with E-state index in [1.807, 2.05) is 63.1 Å². The molecule has 2 rings (SSSR count). The van der Waals surface area contributed by atoms with Crippen molar-refractivity contribution in [3.05, 3.63) is 35.9 Å². The molecule has 0 radical (unpaired) electrons. The van der Waals surface area contributed by atoms with Crippen LogP contribution in [0.5, 0.6) is 0 Å². The van der Waals surface area contributed by atoms with Crippen LogP contribution in [0.25, 0.3) is 0 Å². The molecule has 0 spiro atoms. The number of carbonyl (C=O) groups excluding carboxylic acids is 5. The summed E-state index contributed by atoms with van der Waals surface area (Å²) in [5, 5.41) is 6.59. The van der Waals surface area contributed by atoms with Crippen LogP contribution in [0, 0.1) is 0 Å². The Kier molecular flexibility index (Phi) is 18.0. The van der Waals surface area contributed by atoms with Crippen LogP contribution in [0.1, 0.15) is 74.3 Å². The van der Waals surface area contributed by atoms with Gasteiger partial charge >= 0.3 is 23.9 Å². The van der Waals surface area contributed by atoms with E-state index in [0.717, 1.165) is 11.8 Å². The second-order valence-electron chi connectivity index (χ2n) is 17.0. The maximum Gasteiger partial charge on any atom is 0.362 e. The second kappa shape index (κ2) is 20.9. The Morgan fingerprint density at radius 2 is 1.43 bits per heavy atom. The van der Waals surface area contributed by atoms with Gasteiger partial charge in [0, 0.05) is 39.1 Å². The van der Waals surface area contributed by atoms with Crippen molar-refractivity contribution in [1.29, 1.82) is 0 Å². The molecule has 14 nitrogen and oxygen atoms in total. The molecule has 0 bridgehead atoms. The number of esters is 4. The average molecular weight is 749 g/mol. The van der Waals surface area contributed by atoms with Crippen LogP contribution in [0.3, 0.4) is 0 Å². The van der Waals surface area contributed by atoms with E-state index in [1.165, 1.54) is 0 Å². The molecular formula is C39H66N5O9+. The molecule has 1 fully saturated rings. The van der Waals surface area contributed by atoms with Gasteiger partial charge in [-0.3, -0.25) is 24.2 Å². The summed E-state index contributed by atoms with van der Waals surface area (Å²) in [5.41, 5.74) is -1.40. The number of nitrogens with zero attached hydrogens (tertiary/aromatic N) is 3. The molecule has 0 aliphatic carbocycles. The summed E-state index contributed by atoms with van der Waals surface area (Å²) in [6, 6.07) is 7.94. The average Bonchev–Trinajstić information content (AvgIpc) is 3.00. The van der Waals surface area contributed by atoms with Gasteiger partial charge in [0.05, 0.1) is 39.8 Å². The fourth-order valence-electron chi connectivity index (χ4n) is 6.10. The Hall–Kier alpha value is -3.43. The summed E-state index contributed by atoms with van der Waals surface area (Å²) < 4.78 is 23.4. The molecule has 1 aromatic rings. The first-order chi connectivity index (χ1) is 24.6. The van der Waals surface area contributed by atoms with Gasteiger partial charge in [0.1, 0.15) is 41.8 Å². The summed E-state index contributed by atoms with van der Waals surface area (Å²) in [6.07, 6.45) is 1.28. The van der Waals surface area contributed by atoms with Crippen molar-refractivity contribution < 1.29 is 47.4 Å². The molecular weight excluding hydrogens is 682 g/mol. The number of hydrogen-bond acceptors (Lipinski definition) is 13. The number of quaternary nitrogens is 1. The SMILES string of the molecule is CC(C)(C)OC(=O)CN1CCNCC[N+](C)(CC(=O)OC(C)(C)C)C(CCNCC=O)CN(CC(=O)OC(C)(C)C)C(C(=O)OCc2ccccc2)C1. The number of hydrogen-bond donors (Lipinski definition) is 2. The summed E-state index contributed by atoms with van der Waals surface area (Å²) in [5.74, 6) is -1.93. The van der Waals surface area contributed by atoms with Gasteiger partial charge in [-0.05, 0) is 67.9 Å². The van der Waals surface area contributed by atoms with E-state index in [-0.39, 0.29) is 62.4 Å². The molecule has 3 atom stereocenters. The number of aldehydes is 1. The zero-order valence-corrected chi connectivity index (χ0v) is 33.8. The van der Waals surface area contributed by atoms with E-state index in [1.54, 1.807) is 46.4 Å². The van der Waals surface area contributed by atoms with Crippen molar-refractivity contribution >= 4 is 30.2 Å². The fraction of sp³-hybridized carbons (Fsp3) is 0.718. The van der Waals surface area contributed by atoms with Crippen LogP contribution in [-0.2, 0) is 49.5 Å². The lowest BCUT2D eigenvalue weighted by molar-refractivity contribution is -0.925. The van der Waals surface area contributed by atoms with Gasteiger partial charge in [-0.1, -0.05) is 30.3 Å². The van der Waals surface area contributed by atoms with Crippen LogP contribution in [0.2, 0.25) is 0 Å². The molecule has 1 saturated heterocycles. The maximum atomic E-state index is 14.3. The smallest absolute Gasteiger partial charge is 0.362 e. The van der Waals surface area contributed by atoms with Crippen molar-refractivity contribution in [2.75, 3.05) is 79.0 Å². The molecule has 0 aromatic heterocycles. The van der Waals surface area contributed by atoms with Gasteiger partial charge < -0.3 is 38.9 Å². The first kappa shape index (κ1) is 45.7. The Morgan fingerprint density at radius 3 is 2.02 bits per heavy atom. The predicted molar refractivity (Wildman–Crippen MR) is 202 cm³/mol. The van der Waals surface area contributed by atoms with E-state index in [2.05, 4.69) is 10.6 Å². The predicted octanol–water partition coefficient (Wildman–Crippen LogP) is 2.32. The van der Waals surface area contributed by atoms with Crippen molar-refractivity contribution in [2.24, 2.45) is 0 Å². The van der Waals surface area contributed by atoms with Gasteiger partial charge in [-0.25, -0.2) is 4.79 Å². The van der Waals surface area contributed by atoms with Gasteiger partial charge in [0.25, 0.3) is 0 Å². The largest absolute Gasteiger partial charge is 0.460 e. The maximum absolute atomic E-state index is 14.3. The molecule has 1 aliphatic rings. The van der Waals surface area contributed by atoms with Crippen molar-refractivity contribution in [3.8, 4) is 0 Å². The molecule has 3 unspecified atom stereocenters. The zero-order valence-electron chi connectivity index (χ0n) is 33.8. The highest BCUT2D eigenvalue weighted by atomic mass is 16.6. The Labute approximate surface area is 316 Å². The molecule has 0 amide bonds. The first-order valence-corrected chi connectivity index (χ1v) is 18.6. The molecule has 53 heavy (non-hydrogen) atoms. The number of rotatable bonds is 14. The minimum atomic E-state index is -1.02. The molecule has 0 saturated carbocycles. The highest BCUT2D eigenvalue weighted by molar-refractivity contribution is 5.78. The third kappa shape index (κ3) is 18.9. The van der Waals surface area contributed by atoms with E-state index in [0.29, 0.717) is 39.1 Å². The normalized spacial score (nSPS) is 21.4. The quantitative estimate of drug-likeness (QED) is 0.0943. The lowest BCUT2D eigenvalue weighted by atomic mass is 10.1. The minimum Gasteiger partial charge on any atom is -0.460 e. The monoisotopic (exact) mass is 748 g/mol. The second-order valence-corrected chi connectivity index (χ2v) is 17.0. The van der Waals surface area contributed by atoms with Gasteiger partial charge in [0.2, 0.25) is 0 Å². The summed E-state index contributed by atoms with van der Waals surface area (Å²) >= 11 is 0. The molecule has 1 aromatic carbocycles. The zero-order chi connectivity index (χ0) is 39.9. The van der Waals surface area contributed by atoms with E-state index in [9.17, 15) is 24.0 Å². The van der Waals surface area contributed by atoms with Crippen molar-refractivity contribution in [1.82, 2.24) is 20.4 Å². The summed E-state index contributed by atoms with van der Waals surface area (Å²) in [6.45, 7) is 18.6. The first-order valence-electron chi connectivity index (χ1n) is 18.6. The lowest BCUT2D eigenvalue weighted by Crippen LogP contribution is -2.64. The summed E-state index contributed by atoms with van der Waals surface area (Å²) in [7, 11) is 1.98. The third-order valence-corrected chi connectivity index (χ3v) is 8.42. The van der Waals surface area contributed by atoms with E-state index >= 15 is 0 Å². The lowest BCUT2D eigenvalue weighted by Gasteiger charge is -2.45. The molecule has 2 N–H and O–H groups in total. The fourth-order valence-corrected chi connectivity index (χ4v) is 6.10. The number of carbonyl (C=O) groups is 5. The Bertz CT molecular complexity index is 1320.